The van der Waals surface area contributed by atoms with Crippen molar-refractivity contribution in [3.8, 4) is 0 Å². The van der Waals surface area contributed by atoms with Crippen LogP contribution < -0.4 is 11.2 Å². The van der Waals surface area contributed by atoms with E-state index in [0.717, 1.165) is 10.1 Å². The van der Waals surface area contributed by atoms with Gasteiger partial charge in [0.1, 0.15) is 0 Å². The fraction of sp³-hybridized carbons (Fsp3) is 0.214. The van der Waals surface area contributed by atoms with Crippen LogP contribution in [0.1, 0.15) is 22.8 Å². The number of hydrogen-bond acceptors (Lipinski definition) is 3. The summed E-state index contributed by atoms with van der Waals surface area (Å²) in [6.07, 6.45) is 1.31. The van der Waals surface area contributed by atoms with Crippen molar-refractivity contribution < 1.29 is 4.79 Å². The molecule has 0 saturated carbocycles. The lowest BCUT2D eigenvalue weighted by Crippen LogP contribution is -2.40. The van der Waals surface area contributed by atoms with Crippen molar-refractivity contribution in [3.05, 3.63) is 67.4 Å². The van der Waals surface area contributed by atoms with Gasteiger partial charge in [-0.25, -0.2) is 4.79 Å². The predicted molar refractivity (Wildman–Crippen MR) is 76.5 cm³/mol. The maximum Gasteiger partial charge on any atom is 0.331 e. The highest BCUT2D eigenvalue weighted by Crippen LogP contribution is 2.10. The first-order valence-electron chi connectivity index (χ1n) is 5.96. The minimum Gasteiger partial charge on any atom is -0.295 e. The van der Waals surface area contributed by atoms with E-state index in [1.807, 2.05) is 0 Å². The Bertz CT molecular complexity index is 772. The summed E-state index contributed by atoms with van der Waals surface area (Å²) in [6, 6.07) is 7.01. The number of aromatic nitrogens is 2. The van der Waals surface area contributed by atoms with E-state index >= 15 is 0 Å². The fourth-order valence-corrected chi connectivity index (χ4v) is 1.99. The van der Waals surface area contributed by atoms with Crippen molar-refractivity contribution in [2.75, 3.05) is 0 Å². The summed E-state index contributed by atoms with van der Waals surface area (Å²) >= 11 is 5.80. The quantitative estimate of drug-likeness (QED) is 0.805. The van der Waals surface area contributed by atoms with E-state index in [4.69, 9.17) is 11.6 Å². The summed E-state index contributed by atoms with van der Waals surface area (Å²) in [6.45, 7) is 1.57. The zero-order valence-electron chi connectivity index (χ0n) is 11.1. The van der Waals surface area contributed by atoms with E-state index in [1.165, 1.54) is 24.7 Å². The van der Waals surface area contributed by atoms with Gasteiger partial charge in [-0.3, -0.25) is 18.7 Å². The maximum absolute atomic E-state index is 12.0. The van der Waals surface area contributed by atoms with Gasteiger partial charge in [-0.1, -0.05) is 23.7 Å². The van der Waals surface area contributed by atoms with E-state index in [1.54, 1.807) is 24.3 Å². The molecule has 0 N–H and O–H groups in total. The zero-order valence-corrected chi connectivity index (χ0v) is 11.8. The Morgan fingerprint density at radius 1 is 1.20 bits per heavy atom. The van der Waals surface area contributed by atoms with Crippen LogP contribution in [-0.2, 0) is 13.6 Å². The lowest BCUT2D eigenvalue weighted by atomic mass is 10.2. The van der Waals surface area contributed by atoms with Gasteiger partial charge in [0.2, 0.25) is 0 Å². The molecule has 1 aromatic heterocycles. The Balaban J connectivity index is 2.52. The van der Waals surface area contributed by atoms with Crippen LogP contribution in [0, 0.1) is 0 Å². The van der Waals surface area contributed by atoms with Crippen LogP contribution in [-0.4, -0.2) is 14.9 Å². The summed E-state index contributed by atoms with van der Waals surface area (Å²) in [5.74, 6) is -0.365. The van der Waals surface area contributed by atoms with Gasteiger partial charge in [0.25, 0.3) is 5.56 Å². The first kappa shape index (κ1) is 14.3. The fourth-order valence-electron chi connectivity index (χ4n) is 1.87. The molecule has 0 aliphatic rings. The molecular weight excluding hydrogens is 280 g/mol. The number of rotatable bonds is 3. The predicted octanol–water partition coefficient (Wildman–Crippen LogP) is 1.45. The Labute approximate surface area is 120 Å². The number of halogens is 1. The molecule has 0 bridgehead atoms. The summed E-state index contributed by atoms with van der Waals surface area (Å²) in [5.41, 5.74) is -0.185. The van der Waals surface area contributed by atoms with Gasteiger partial charge < -0.3 is 0 Å². The molecule has 0 amide bonds. The average molecular weight is 293 g/mol. The molecule has 1 aromatic carbocycles. The molecule has 0 unspecified atom stereocenters. The minimum absolute atomic E-state index is 0.000985. The smallest absolute Gasteiger partial charge is 0.295 e. The van der Waals surface area contributed by atoms with Crippen LogP contribution >= 0.6 is 11.6 Å². The van der Waals surface area contributed by atoms with Crippen molar-refractivity contribution in [2.24, 2.45) is 7.05 Å². The van der Waals surface area contributed by atoms with Crippen LogP contribution in [0.2, 0.25) is 5.02 Å². The van der Waals surface area contributed by atoms with Gasteiger partial charge in [0.15, 0.2) is 5.78 Å². The third-order valence-corrected chi connectivity index (χ3v) is 3.25. The molecule has 0 aliphatic heterocycles. The molecule has 2 aromatic rings. The van der Waals surface area contributed by atoms with E-state index < -0.39 is 11.2 Å². The molecular formula is C14H13ClN2O3. The number of carbonyl (C=O) groups is 1. The molecule has 20 heavy (non-hydrogen) atoms. The zero-order chi connectivity index (χ0) is 14.9. The van der Waals surface area contributed by atoms with Crippen LogP contribution in [0.3, 0.4) is 0 Å². The molecule has 0 fully saturated rings. The monoisotopic (exact) mass is 292 g/mol. The SMILES string of the molecule is CC(=O)c1cn(Cc2ccc(Cl)cc2)c(=O)n(C)c1=O. The third kappa shape index (κ3) is 2.72. The number of ketones is 1. The van der Waals surface area contributed by atoms with Gasteiger partial charge in [-0.2, -0.15) is 0 Å². The maximum atomic E-state index is 12.0. The van der Waals surface area contributed by atoms with Crippen molar-refractivity contribution in [1.29, 1.82) is 0 Å². The number of carbonyl (C=O) groups excluding carboxylic acids is 1. The molecule has 0 saturated heterocycles. The normalized spacial score (nSPS) is 10.6. The molecule has 6 heteroatoms. The standard InChI is InChI=1S/C14H13ClN2O3/c1-9(18)12-8-17(14(20)16(2)13(12)19)7-10-3-5-11(15)6-4-10/h3-6,8H,7H2,1-2H3. The average Bonchev–Trinajstić information content (AvgIpc) is 2.41. The number of hydrogen-bond donors (Lipinski definition) is 0. The summed E-state index contributed by atoms with van der Waals surface area (Å²) in [4.78, 5) is 35.2. The summed E-state index contributed by atoms with van der Waals surface area (Å²) in [7, 11) is 1.36. The molecule has 5 nitrogen and oxygen atoms in total. The van der Waals surface area contributed by atoms with Crippen LogP contribution in [0.15, 0.2) is 40.1 Å². The molecule has 0 aliphatic carbocycles. The Kier molecular flexibility index (Phi) is 3.90. The van der Waals surface area contributed by atoms with Crippen molar-refractivity contribution in [3.63, 3.8) is 0 Å². The van der Waals surface area contributed by atoms with Gasteiger partial charge in [-0.15, -0.1) is 0 Å². The van der Waals surface area contributed by atoms with E-state index in [9.17, 15) is 14.4 Å². The second kappa shape index (κ2) is 5.46. The van der Waals surface area contributed by atoms with Crippen molar-refractivity contribution in [1.82, 2.24) is 9.13 Å². The van der Waals surface area contributed by atoms with Crippen molar-refractivity contribution >= 4 is 17.4 Å². The van der Waals surface area contributed by atoms with E-state index in [2.05, 4.69) is 0 Å². The lowest BCUT2D eigenvalue weighted by Gasteiger charge is -2.09. The summed E-state index contributed by atoms with van der Waals surface area (Å²) in [5, 5.41) is 0.603. The molecule has 0 atom stereocenters. The van der Waals surface area contributed by atoms with E-state index in [0.29, 0.717) is 5.02 Å². The lowest BCUT2D eigenvalue weighted by molar-refractivity contribution is 0.101. The first-order chi connectivity index (χ1) is 9.40. The molecule has 0 radical (unpaired) electrons. The molecule has 0 spiro atoms. The highest BCUT2D eigenvalue weighted by atomic mass is 35.5. The largest absolute Gasteiger partial charge is 0.331 e. The minimum atomic E-state index is -0.574. The number of benzene rings is 1. The second-order valence-corrected chi connectivity index (χ2v) is 4.94. The Hall–Kier alpha value is -2.14. The van der Waals surface area contributed by atoms with Crippen molar-refractivity contribution in [2.45, 2.75) is 13.5 Å². The molecule has 1 heterocycles. The van der Waals surface area contributed by atoms with Gasteiger partial charge in [0, 0.05) is 18.3 Å². The Morgan fingerprint density at radius 3 is 2.35 bits per heavy atom. The highest BCUT2D eigenvalue weighted by molar-refractivity contribution is 6.30. The van der Waals surface area contributed by atoms with E-state index in [-0.39, 0.29) is 17.9 Å². The second-order valence-electron chi connectivity index (χ2n) is 4.50. The van der Waals surface area contributed by atoms with Crippen LogP contribution in [0.4, 0.5) is 0 Å². The number of Topliss-reactive ketones (excluding diaryl/α,β-unsaturated/α-hetero) is 1. The topological polar surface area (TPSA) is 61.1 Å². The number of nitrogens with zero attached hydrogens (tertiary/aromatic N) is 2. The van der Waals surface area contributed by atoms with Crippen LogP contribution in [0.25, 0.3) is 0 Å². The first-order valence-corrected chi connectivity index (χ1v) is 6.34. The third-order valence-electron chi connectivity index (χ3n) is 3.00. The summed E-state index contributed by atoms with van der Waals surface area (Å²) < 4.78 is 2.27. The molecule has 2 rings (SSSR count). The Morgan fingerprint density at radius 2 is 1.80 bits per heavy atom. The molecule has 104 valence electrons. The highest BCUT2D eigenvalue weighted by Gasteiger charge is 2.12. The van der Waals surface area contributed by atoms with Crippen LogP contribution in [0.5, 0.6) is 0 Å². The van der Waals surface area contributed by atoms with Gasteiger partial charge >= 0.3 is 5.69 Å². The van der Waals surface area contributed by atoms with Gasteiger partial charge in [-0.05, 0) is 24.6 Å². The van der Waals surface area contributed by atoms with Gasteiger partial charge in [0.05, 0.1) is 12.1 Å².